The van der Waals surface area contributed by atoms with Crippen LogP contribution in [0, 0.1) is 5.82 Å². The molecule has 1 aromatic heterocycles. The van der Waals surface area contributed by atoms with Gasteiger partial charge < -0.3 is 14.1 Å². The van der Waals surface area contributed by atoms with Crippen LogP contribution in [0.2, 0.25) is 0 Å². The average Bonchev–Trinajstić information content (AvgIpc) is 3.27. The Morgan fingerprint density at radius 1 is 1.12 bits per heavy atom. The maximum absolute atomic E-state index is 13.9. The third-order valence-corrected chi connectivity index (χ3v) is 4.69. The summed E-state index contributed by atoms with van der Waals surface area (Å²) in [5, 5.41) is 8.31. The van der Waals surface area contributed by atoms with Crippen LogP contribution in [0.15, 0.2) is 28.7 Å². The second kappa shape index (κ2) is 6.86. The average molecular weight is 332 g/mol. The van der Waals surface area contributed by atoms with Crippen molar-refractivity contribution < 1.29 is 13.5 Å². The molecule has 2 aliphatic heterocycles. The van der Waals surface area contributed by atoms with Crippen molar-refractivity contribution in [3.05, 3.63) is 41.9 Å². The van der Waals surface area contributed by atoms with Crippen LogP contribution in [0.3, 0.4) is 0 Å². The molecule has 1 aromatic carbocycles. The van der Waals surface area contributed by atoms with Gasteiger partial charge in [-0.2, -0.15) is 0 Å². The van der Waals surface area contributed by atoms with E-state index in [0.717, 1.165) is 39.2 Å². The van der Waals surface area contributed by atoms with E-state index in [2.05, 4.69) is 20.0 Å². The minimum Gasteiger partial charge on any atom is -0.423 e. The molecule has 1 atom stereocenters. The number of hydrogen-bond acceptors (Lipinski definition) is 6. The smallest absolute Gasteiger partial charge is 0.230 e. The first kappa shape index (κ1) is 15.5. The Morgan fingerprint density at radius 3 is 2.71 bits per heavy atom. The Kier molecular flexibility index (Phi) is 4.44. The largest absolute Gasteiger partial charge is 0.423 e. The molecule has 0 amide bonds. The van der Waals surface area contributed by atoms with E-state index >= 15 is 0 Å². The fraction of sp³-hybridized carbons (Fsp3) is 0.529. The van der Waals surface area contributed by atoms with Crippen LogP contribution in [-0.2, 0) is 11.3 Å². The number of halogens is 1. The number of rotatable bonds is 4. The van der Waals surface area contributed by atoms with Gasteiger partial charge in [-0.05, 0) is 18.6 Å². The number of aromatic nitrogens is 2. The molecular formula is C17H21FN4O2. The second-order valence-corrected chi connectivity index (χ2v) is 6.31. The van der Waals surface area contributed by atoms with Crippen molar-refractivity contribution in [3.63, 3.8) is 0 Å². The number of anilines is 1. The topological polar surface area (TPSA) is 54.6 Å². The van der Waals surface area contributed by atoms with Crippen molar-refractivity contribution >= 4 is 5.69 Å². The maximum Gasteiger partial charge on any atom is 0.230 e. The van der Waals surface area contributed by atoms with Crippen molar-refractivity contribution in [2.75, 3.05) is 44.3 Å². The first-order chi connectivity index (χ1) is 11.8. The molecule has 0 N–H and O–H groups in total. The monoisotopic (exact) mass is 332 g/mol. The standard InChI is InChI=1S/C17H21FN4O2/c18-14-3-1-2-4-15(14)22-8-6-21(7-9-22)11-16-19-20-17(24-16)13-5-10-23-12-13/h1-4,13H,5-12H2. The summed E-state index contributed by atoms with van der Waals surface area (Å²) in [7, 11) is 0. The molecule has 2 fully saturated rings. The highest BCUT2D eigenvalue weighted by molar-refractivity contribution is 5.47. The number of hydrogen-bond donors (Lipinski definition) is 0. The van der Waals surface area contributed by atoms with Crippen LogP contribution in [0.5, 0.6) is 0 Å². The van der Waals surface area contributed by atoms with Gasteiger partial charge in [-0.15, -0.1) is 10.2 Å². The van der Waals surface area contributed by atoms with E-state index in [1.165, 1.54) is 6.07 Å². The zero-order valence-electron chi connectivity index (χ0n) is 13.5. The minimum absolute atomic E-state index is 0.161. The van der Waals surface area contributed by atoms with E-state index < -0.39 is 0 Å². The number of benzene rings is 1. The van der Waals surface area contributed by atoms with E-state index in [-0.39, 0.29) is 11.7 Å². The maximum atomic E-state index is 13.9. The van der Waals surface area contributed by atoms with E-state index in [1.54, 1.807) is 6.07 Å². The van der Waals surface area contributed by atoms with Crippen molar-refractivity contribution in [3.8, 4) is 0 Å². The van der Waals surface area contributed by atoms with Crippen molar-refractivity contribution in [1.82, 2.24) is 15.1 Å². The van der Waals surface area contributed by atoms with Crippen LogP contribution in [-0.4, -0.2) is 54.5 Å². The highest BCUT2D eigenvalue weighted by atomic mass is 19.1. The summed E-state index contributed by atoms with van der Waals surface area (Å²) in [6.07, 6.45) is 0.947. The highest BCUT2D eigenvalue weighted by Gasteiger charge is 2.25. The van der Waals surface area contributed by atoms with Gasteiger partial charge in [-0.3, -0.25) is 4.90 Å². The molecule has 128 valence electrons. The first-order valence-electron chi connectivity index (χ1n) is 8.41. The predicted molar refractivity (Wildman–Crippen MR) is 86.4 cm³/mol. The summed E-state index contributed by atoms with van der Waals surface area (Å²) in [5.41, 5.74) is 0.679. The Balaban J connectivity index is 1.32. The van der Waals surface area contributed by atoms with Gasteiger partial charge >= 0.3 is 0 Å². The van der Waals surface area contributed by atoms with Crippen LogP contribution in [0.25, 0.3) is 0 Å². The molecule has 3 heterocycles. The van der Waals surface area contributed by atoms with Gasteiger partial charge in [-0.1, -0.05) is 12.1 Å². The van der Waals surface area contributed by atoms with E-state index in [4.69, 9.17) is 9.15 Å². The molecule has 0 spiro atoms. The van der Waals surface area contributed by atoms with Crippen LogP contribution in [0.4, 0.5) is 10.1 Å². The van der Waals surface area contributed by atoms with Crippen molar-refractivity contribution in [2.45, 2.75) is 18.9 Å². The quantitative estimate of drug-likeness (QED) is 0.854. The van der Waals surface area contributed by atoms with Gasteiger partial charge in [-0.25, -0.2) is 4.39 Å². The molecule has 24 heavy (non-hydrogen) atoms. The van der Waals surface area contributed by atoms with Crippen molar-refractivity contribution in [1.29, 1.82) is 0 Å². The minimum atomic E-state index is -0.161. The molecule has 2 aromatic rings. The predicted octanol–water partition coefficient (Wildman–Crippen LogP) is 2.03. The Hall–Kier alpha value is -1.99. The van der Waals surface area contributed by atoms with Crippen LogP contribution >= 0.6 is 0 Å². The van der Waals surface area contributed by atoms with Crippen LogP contribution in [0.1, 0.15) is 24.1 Å². The van der Waals surface area contributed by atoms with Gasteiger partial charge in [0.15, 0.2) is 0 Å². The van der Waals surface area contributed by atoms with E-state index in [1.807, 2.05) is 12.1 Å². The zero-order chi connectivity index (χ0) is 16.4. The van der Waals surface area contributed by atoms with E-state index in [0.29, 0.717) is 30.6 Å². The summed E-state index contributed by atoms with van der Waals surface area (Å²) >= 11 is 0. The molecule has 2 saturated heterocycles. The molecule has 0 radical (unpaired) electrons. The van der Waals surface area contributed by atoms with E-state index in [9.17, 15) is 4.39 Å². The number of nitrogens with zero attached hydrogens (tertiary/aromatic N) is 4. The number of para-hydroxylation sites is 1. The lowest BCUT2D eigenvalue weighted by molar-refractivity contribution is 0.189. The molecule has 0 saturated carbocycles. The summed E-state index contributed by atoms with van der Waals surface area (Å²) in [5.74, 6) is 1.42. The highest BCUT2D eigenvalue weighted by Crippen LogP contribution is 2.24. The summed E-state index contributed by atoms with van der Waals surface area (Å²) < 4.78 is 25.0. The molecular weight excluding hydrogens is 311 g/mol. The normalized spacial score (nSPS) is 22.2. The SMILES string of the molecule is Fc1ccccc1N1CCN(Cc2nnc(C3CCOC3)o2)CC1. The molecule has 0 bridgehead atoms. The first-order valence-corrected chi connectivity index (χ1v) is 8.41. The Morgan fingerprint density at radius 2 is 1.96 bits per heavy atom. The van der Waals surface area contributed by atoms with Gasteiger partial charge in [0.1, 0.15) is 5.82 Å². The lowest BCUT2D eigenvalue weighted by Crippen LogP contribution is -2.46. The van der Waals surface area contributed by atoms with Crippen LogP contribution < -0.4 is 4.90 Å². The van der Waals surface area contributed by atoms with Gasteiger partial charge in [0.05, 0.1) is 24.8 Å². The van der Waals surface area contributed by atoms with Gasteiger partial charge in [0.25, 0.3) is 0 Å². The number of piperazine rings is 1. The molecule has 6 nitrogen and oxygen atoms in total. The summed E-state index contributed by atoms with van der Waals surface area (Å²) in [6, 6.07) is 6.93. The number of ether oxygens (including phenoxy) is 1. The third kappa shape index (κ3) is 3.27. The van der Waals surface area contributed by atoms with Gasteiger partial charge in [0.2, 0.25) is 11.8 Å². The lowest BCUT2D eigenvalue weighted by Gasteiger charge is -2.35. The fourth-order valence-corrected chi connectivity index (χ4v) is 3.27. The molecule has 4 rings (SSSR count). The lowest BCUT2D eigenvalue weighted by atomic mass is 10.1. The molecule has 1 unspecified atom stereocenters. The third-order valence-electron chi connectivity index (χ3n) is 4.69. The fourth-order valence-electron chi connectivity index (χ4n) is 3.27. The molecule has 7 heteroatoms. The van der Waals surface area contributed by atoms with Gasteiger partial charge in [0, 0.05) is 32.8 Å². The Labute approximate surface area is 140 Å². The van der Waals surface area contributed by atoms with Crippen molar-refractivity contribution in [2.24, 2.45) is 0 Å². The molecule has 2 aliphatic rings. The second-order valence-electron chi connectivity index (χ2n) is 6.31. The summed E-state index contributed by atoms with van der Waals surface area (Å²) in [6.45, 7) is 5.35. The molecule has 0 aliphatic carbocycles. The Bertz CT molecular complexity index is 679. The zero-order valence-corrected chi connectivity index (χ0v) is 13.5. The summed E-state index contributed by atoms with van der Waals surface area (Å²) in [4.78, 5) is 4.35.